The van der Waals surface area contributed by atoms with E-state index in [1.165, 1.54) is 74.5 Å². The summed E-state index contributed by atoms with van der Waals surface area (Å²) in [5.74, 6) is 1.63. The highest BCUT2D eigenvalue weighted by Gasteiger charge is 2.04. The molecule has 0 amide bonds. The Bertz CT molecular complexity index is 886. The lowest BCUT2D eigenvalue weighted by Crippen LogP contribution is -1.96. The summed E-state index contributed by atoms with van der Waals surface area (Å²) in [6.45, 7) is 5.07. The Balaban J connectivity index is 1.45. The van der Waals surface area contributed by atoms with Crippen molar-refractivity contribution in [3.05, 3.63) is 77.6 Å². The topological polar surface area (TPSA) is 35.0 Å². The predicted octanol–water partition coefficient (Wildman–Crippen LogP) is 7.97. The predicted molar refractivity (Wildman–Crippen MR) is 134 cm³/mol. The van der Waals surface area contributed by atoms with Gasteiger partial charge in [-0.15, -0.1) is 0 Å². The van der Waals surface area contributed by atoms with Gasteiger partial charge >= 0.3 is 0 Å². The standard InChI is InChI=1S/C29H38N2O/c1-3-5-7-9-11-24-13-15-25(16-14-24)23-32-28-19-17-27(18-20-28)29-30-21-26(22-31-29)12-10-8-6-4-2/h13-22H,3-12,23H2,1-2H3. The molecule has 3 rings (SSSR count). The van der Waals surface area contributed by atoms with Gasteiger partial charge in [0.1, 0.15) is 12.4 Å². The maximum absolute atomic E-state index is 5.98. The van der Waals surface area contributed by atoms with Gasteiger partial charge in [0.2, 0.25) is 0 Å². The number of hydrogen-bond donors (Lipinski definition) is 0. The average molecular weight is 431 g/mol. The lowest BCUT2D eigenvalue weighted by molar-refractivity contribution is 0.306. The maximum atomic E-state index is 5.98. The molecule has 0 radical (unpaired) electrons. The van der Waals surface area contributed by atoms with Crippen molar-refractivity contribution in [2.45, 2.75) is 84.7 Å². The summed E-state index contributed by atoms with van der Waals surface area (Å²) >= 11 is 0. The van der Waals surface area contributed by atoms with Crippen molar-refractivity contribution in [1.29, 1.82) is 0 Å². The van der Waals surface area contributed by atoms with E-state index in [9.17, 15) is 0 Å². The summed E-state index contributed by atoms with van der Waals surface area (Å²) in [5.41, 5.74) is 4.85. The molecule has 3 heteroatoms. The minimum absolute atomic E-state index is 0.582. The van der Waals surface area contributed by atoms with E-state index in [2.05, 4.69) is 48.1 Å². The van der Waals surface area contributed by atoms with Crippen LogP contribution in [0.4, 0.5) is 0 Å². The summed E-state index contributed by atoms with van der Waals surface area (Å²) < 4.78 is 5.98. The van der Waals surface area contributed by atoms with Gasteiger partial charge in [0, 0.05) is 18.0 Å². The van der Waals surface area contributed by atoms with Crippen LogP contribution in [0.15, 0.2) is 60.9 Å². The van der Waals surface area contributed by atoms with Crippen LogP contribution in [0, 0.1) is 0 Å². The van der Waals surface area contributed by atoms with Crippen LogP contribution in [0.25, 0.3) is 11.4 Å². The van der Waals surface area contributed by atoms with Gasteiger partial charge in [0.05, 0.1) is 0 Å². The van der Waals surface area contributed by atoms with Crippen molar-refractivity contribution >= 4 is 0 Å². The molecule has 3 aromatic rings. The third kappa shape index (κ3) is 8.11. The minimum Gasteiger partial charge on any atom is -0.489 e. The van der Waals surface area contributed by atoms with Crippen LogP contribution in [0.5, 0.6) is 5.75 Å². The molecule has 0 unspecified atom stereocenters. The zero-order valence-electron chi connectivity index (χ0n) is 19.9. The fourth-order valence-electron chi connectivity index (χ4n) is 3.81. The van der Waals surface area contributed by atoms with E-state index in [1.54, 1.807) is 0 Å². The smallest absolute Gasteiger partial charge is 0.159 e. The summed E-state index contributed by atoms with van der Waals surface area (Å²) in [5, 5.41) is 0. The van der Waals surface area contributed by atoms with E-state index in [1.807, 2.05) is 36.7 Å². The van der Waals surface area contributed by atoms with Crippen LogP contribution >= 0.6 is 0 Å². The largest absolute Gasteiger partial charge is 0.489 e. The van der Waals surface area contributed by atoms with Gasteiger partial charge in [-0.2, -0.15) is 0 Å². The molecule has 32 heavy (non-hydrogen) atoms. The summed E-state index contributed by atoms with van der Waals surface area (Å²) in [7, 11) is 0. The molecule has 0 fully saturated rings. The quantitative estimate of drug-likeness (QED) is 0.243. The van der Waals surface area contributed by atoms with E-state index in [0.29, 0.717) is 6.61 Å². The van der Waals surface area contributed by atoms with Crippen molar-refractivity contribution in [3.63, 3.8) is 0 Å². The Hall–Kier alpha value is -2.68. The first kappa shape index (κ1) is 24.0. The summed E-state index contributed by atoms with van der Waals surface area (Å²) in [6.07, 6.45) is 16.4. The molecule has 0 saturated carbocycles. The van der Waals surface area contributed by atoms with E-state index >= 15 is 0 Å². The molecule has 0 aliphatic heterocycles. The molecule has 0 saturated heterocycles. The number of hydrogen-bond acceptors (Lipinski definition) is 3. The van der Waals surface area contributed by atoms with Gasteiger partial charge in [-0.25, -0.2) is 9.97 Å². The first-order chi connectivity index (χ1) is 15.8. The van der Waals surface area contributed by atoms with Crippen LogP contribution in [-0.2, 0) is 19.4 Å². The number of unbranched alkanes of at least 4 members (excludes halogenated alkanes) is 6. The normalized spacial score (nSPS) is 10.9. The Morgan fingerprint density at radius 3 is 1.75 bits per heavy atom. The van der Waals surface area contributed by atoms with Crippen LogP contribution in [0.3, 0.4) is 0 Å². The van der Waals surface area contributed by atoms with Gasteiger partial charge in [0.15, 0.2) is 5.82 Å². The van der Waals surface area contributed by atoms with Crippen LogP contribution in [-0.4, -0.2) is 9.97 Å². The van der Waals surface area contributed by atoms with Crippen molar-refractivity contribution in [3.8, 4) is 17.1 Å². The summed E-state index contributed by atoms with van der Waals surface area (Å²) in [6, 6.07) is 16.9. The summed E-state index contributed by atoms with van der Waals surface area (Å²) in [4.78, 5) is 9.12. The fourth-order valence-corrected chi connectivity index (χ4v) is 3.81. The third-order valence-corrected chi connectivity index (χ3v) is 5.88. The van der Waals surface area contributed by atoms with Gasteiger partial charge in [-0.3, -0.25) is 0 Å². The molecule has 0 aliphatic carbocycles. The third-order valence-electron chi connectivity index (χ3n) is 5.88. The Labute approximate surface area is 194 Å². The molecule has 0 spiro atoms. The molecular weight excluding hydrogens is 392 g/mol. The SMILES string of the molecule is CCCCCCc1ccc(COc2ccc(-c3ncc(CCCCCC)cn3)cc2)cc1. The average Bonchev–Trinajstić information content (AvgIpc) is 2.85. The first-order valence-corrected chi connectivity index (χ1v) is 12.4. The molecule has 0 bridgehead atoms. The Kier molecular flexibility index (Phi) is 10.2. The Morgan fingerprint density at radius 2 is 1.16 bits per heavy atom. The molecule has 3 nitrogen and oxygen atoms in total. The van der Waals surface area contributed by atoms with Gasteiger partial charge < -0.3 is 4.74 Å². The number of aryl methyl sites for hydroxylation is 2. The van der Waals surface area contributed by atoms with Crippen molar-refractivity contribution in [2.24, 2.45) is 0 Å². The van der Waals surface area contributed by atoms with E-state index < -0.39 is 0 Å². The molecule has 0 N–H and O–H groups in total. The molecule has 0 aliphatic rings. The molecule has 1 aromatic heterocycles. The van der Waals surface area contributed by atoms with Gasteiger partial charge in [-0.05, 0) is 66.6 Å². The van der Waals surface area contributed by atoms with Crippen LogP contribution in [0.1, 0.15) is 81.9 Å². The maximum Gasteiger partial charge on any atom is 0.159 e. The van der Waals surface area contributed by atoms with Crippen molar-refractivity contribution in [1.82, 2.24) is 9.97 Å². The van der Waals surface area contributed by atoms with Crippen LogP contribution < -0.4 is 4.74 Å². The zero-order valence-corrected chi connectivity index (χ0v) is 19.9. The minimum atomic E-state index is 0.582. The number of nitrogens with zero attached hydrogens (tertiary/aromatic N) is 2. The molecule has 2 aromatic carbocycles. The lowest BCUT2D eigenvalue weighted by Gasteiger charge is -2.08. The fraction of sp³-hybridized carbons (Fsp3) is 0.448. The highest BCUT2D eigenvalue weighted by atomic mass is 16.5. The number of aromatic nitrogens is 2. The molecular formula is C29H38N2O. The second-order valence-electron chi connectivity index (χ2n) is 8.67. The van der Waals surface area contributed by atoms with E-state index in [-0.39, 0.29) is 0 Å². The van der Waals surface area contributed by atoms with Gasteiger partial charge in [-0.1, -0.05) is 76.6 Å². The highest BCUT2D eigenvalue weighted by molar-refractivity contribution is 5.55. The lowest BCUT2D eigenvalue weighted by atomic mass is 10.0. The van der Waals surface area contributed by atoms with Crippen LogP contribution in [0.2, 0.25) is 0 Å². The molecule has 1 heterocycles. The zero-order chi connectivity index (χ0) is 22.4. The molecule has 170 valence electrons. The molecule has 0 atom stereocenters. The van der Waals surface area contributed by atoms with Crippen molar-refractivity contribution in [2.75, 3.05) is 0 Å². The van der Waals surface area contributed by atoms with E-state index in [0.717, 1.165) is 23.6 Å². The number of rotatable bonds is 14. The van der Waals surface area contributed by atoms with Gasteiger partial charge in [0.25, 0.3) is 0 Å². The second-order valence-corrected chi connectivity index (χ2v) is 8.67. The first-order valence-electron chi connectivity index (χ1n) is 12.4. The number of ether oxygens (including phenoxy) is 1. The second kappa shape index (κ2) is 13.7. The number of benzene rings is 2. The monoisotopic (exact) mass is 430 g/mol. The van der Waals surface area contributed by atoms with E-state index in [4.69, 9.17) is 4.74 Å². The van der Waals surface area contributed by atoms with Crippen molar-refractivity contribution < 1.29 is 4.74 Å². The highest BCUT2D eigenvalue weighted by Crippen LogP contribution is 2.21. The Morgan fingerprint density at radius 1 is 0.594 bits per heavy atom.